The summed E-state index contributed by atoms with van der Waals surface area (Å²) in [6.45, 7) is 6.05. The smallest absolute Gasteiger partial charge is 0.333 e. The number of aromatic amines is 1. The van der Waals surface area contributed by atoms with E-state index in [9.17, 15) is 18.0 Å². The van der Waals surface area contributed by atoms with E-state index < -0.39 is 17.8 Å². The Hall–Kier alpha value is -2.06. The van der Waals surface area contributed by atoms with Gasteiger partial charge in [-0.3, -0.25) is 9.89 Å². The van der Waals surface area contributed by atoms with Crippen LogP contribution in [0.1, 0.15) is 54.4 Å². The minimum Gasteiger partial charge on any atom is -0.333 e. The first-order valence-corrected chi connectivity index (χ1v) is 11.0. The molecule has 3 rings (SSSR count). The van der Waals surface area contributed by atoms with Crippen LogP contribution in [0.3, 0.4) is 0 Å². The Labute approximate surface area is 185 Å². The van der Waals surface area contributed by atoms with Gasteiger partial charge >= 0.3 is 6.18 Å². The average molecular weight is 457 g/mol. The summed E-state index contributed by atoms with van der Waals surface area (Å²) in [4.78, 5) is 17.1. The Morgan fingerprint density at radius 3 is 2.61 bits per heavy atom. The predicted molar refractivity (Wildman–Crippen MR) is 114 cm³/mol. The van der Waals surface area contributed by atoms with Gasteiger partial charge in [0.15, 0.2) is 5.69 Å². The molecule has 31 heavy (non-hydrogen) atoms. The highest BCUT2D eigenvalue weighted by Gasteiger charge is 2.35. The zero-order valence-electron chi connectivity index (χ0n) is 17.6. The molecular weight excluding hydrogens is 429 g/mol. The van der Waals surface area contributed by atoms with E-state index in [1.54, 1.807) is 17.0 Å². The number of benzene rings is 1. The van der Waals surface area contributed by atoms with Crippen LogP contribution in [-0.2, 0) is 12.7 Å². The zero-order valence-corrected chi connectivity index (χ0v) is 18.3. The topological polar surface area (TPSA) is 52.2 Å². The molecule has 0 atom stereocenters. The van der Waals surface area contributed by atoms with Gasteiger partial charge in [0.25, 0.3) is 5.91 Å². The van der Waals surface area contributed by atoms with Crippen molar-refractivity contribution in [1.82, 2.24) is 20.0 Å². The maximum absolute atomic E-state index is 13.0. The summed E-state index contributed by atoms with van der Waals surface area (Å²) in [6, 6.07) is 7.95. The highest BCUT2D eigenvalue weighted by Crippen LogP contribution is 2.28. The maximum atomic E-state index is 13.0. The monoisotopic (exact) mass is 456 g/mol. The van der Waals surface area contributed by atoms with E-state index in [0.29, 0.717) is 17.5 Å². The number of nitrogens with zero attached hydrogens (tertiary/aromatic N) is 3. The fourth-order valence-corrected chi connectivity index (χ4v) is 4.18. The van der Waals surface area contributed by atoms with Crippen molar-refractivity contribution in [3.63, 3.8) is 0 Å². The summed E-state index contributed by atoms with van der Waals surface area (Å²) in [7, 11) is 0. The van der Waals surface area contributed by atoms with Crippen LogP contribution in [0.15, 0.2) is 30.3 Å². The van der Waals surface area contributed by atoms with Crippen LogP contribution in [-0.4, -0.2) is 52.1 Å². The number of carbonyl (C=O) groups is 1. The molecule has 0 spiro atoms. The summed E-state index contributed by atoms with van der Waals surface area (Å²) < 4.78 is 38.7. The van der Waals surface area contributed by atoms with Crippen LogP contribution >= 0.6 is 11.6 Å². The molecule has 1 aromatic carbocycles. The van der Waals surface area contributed by atoms with E-state index in [0.717, 1.165) is 56.9 Å². The number of hydrogen-bond acceptors (Lipinski definition) is 3. The lowest BCUT2D eigenvalue weighted by atomic mass is 9.93. The second-order valence-electron chi connectivity index (χ2n) is 8.06. The Morgan fingerprint density at radius 2 is 2.00 bits per heavy atom. The van der Waals surface area contributed by atoms with Gasteiger partial charge < -0.3 is 9.80 Å². The number of piperidine rings is 1. The molecular formula is C22H28ClF3N4O. The number of alkyl halides is 3. The van der Waals surface area contributed by atoms with E-state index in [-0.39, 0.29) is 12.2 Å². The predicted octanol–water partition coefficient (Wildman–Crippen LogP) is 5.24. The number of halogens is 4. The molecule has 0 bridgehead atoms. The lowest BCUT2D eigenvalue weighted by Crippen LogP contribution is -2.37. The summed E-state index contributed by atoms with van der Waals surface area (Å²) in [5.41, 5.74) is -0.514. The molecule has 2 aromatic rings. The van der Waals surface area contributed by atoms with Crippen molar-refractivity contribution in [2.24, 2.45) is 5.92 Å². The van der Waals surface area contributed by atoms with Crippen molar-refractivity contribution in [1.29, 1.82) is 0 Å². The van der Waals surface area contributed by atoms with Crippen molar-refractivity contribution in [3.8, 4) is 0 Å². The molecule has 0 unspecified atom stereocenters. The molecule has 1 amide bonds. The van der Waals surface area contributed by atoms with Gasteiger partial charge in [-0.05, 0) is 62.9 Å². The molecule has 0 aliphatic carbocycles. The van der Waals surface area contributed by atoms with E-state index in [4.69, 9.17) is 11.6 Å². The minimum atomic E-state index is -4.60. The van der Waals surface area contributed by atoms with E-state index >= 15 is 0 Å². The fourth-order valence-electron chi connectivity index (χ4n) is 3.98. The molecule has 170 valence electrons. The van der Waals surface area contributed by atoms with Crippen LogP contribution in [0.4, 0.5) is 13.2 Å². The molecule has 1 fully saturated rings. The number of carbonyl (C=O) groups excluding carboxylic acids is 1. The maximum Gasteiger partial charge on any atom is 0.435 e. The third-order valence-electron chi connectivity index (χ3n) is 5.76. The highest BCUT2D eigenvalue weighted by molar-refractivity contribution is 6.31. The van der Waals surface area contributed by atoms with Gasteiger partial charge in [0, 0.05) is 24.2 Å². The molecule has 1 saturated heterocycles. The van der Waals surface area contributed by atoms with Crippen molar-refractivity contribution in [2.45, 2.75) is 45.3 Å². The second-order valence-corrected chi connectivity index (χ2v) is 8.46. The molecule has 1 aromatic heterocycles. The average Bonchev–Trinajstić information content (AvgIpc) is 3.24. The van der Waals surface area contributed by atoms with Gasteiger partial charge in [0.2, 0.25) is 0 Å². The molecule has 9 heteroatoms. The second kappa shape index (κ2) is 10.5. The van der Waals surface area contributed by atoms with E-state index in [1.165, 1.54) is 0 Å². The zero-order chi connectivity index (χ0) is 22.4. The van der Waals surface area contributed by atoms with Gasteiger partial charge in [-0.1, -0.05) is 36.7 Å². The molecule has 0 radical (unpaired) electrons. The number of H-pyrrole nitrogens is 1. The SMILES string of the molecule is CCCN1CCC(CCN(Cc2ccccc2Cl)C(=O)c2cc(C(F)(F)F)n[nH]2)CC1. The van der Waals surface area contributed by atoms with Gasteiger partial charge in [-0.2, -0.15) is 18.3 Å². The summed E-state index contributed by atoms with van der Waals surface area (Å²) in [5, 5.41) is 6.03. The van der Waals surface area contributed by atoms with Crippen molar-refractivity contribution < 1.29 is 18.0 Å². The molecule has 1 N–H and O–H groups in total. The van der Waals surface area contributed by atoms with Crippen LogP contribution in [0, 0.1) is 5.92 Å². The molecule has 5 nitrogen and oxygen atoms in total. The normalized spacial score (nSPS) is 15.9. The Morgan fingerprint density at radius 1 is 1.29 bits per heavy atom. The van der Waals surface area contributed by atoms with Gasteiger partial charge in [-0.25, -0.2) is 0 Å². The Kier molecular flexibility index (Phi) is 8.00. The van der Waals surface area contributed by atoms with Crippen LogP contribution in [0.2, 0.25) is 5.02 Å². The first kappa shape index (κ1) is 23.6. The quantitative estimate of drug-likeness (QED) is 0.591. The lowest BCUT2D eigenvalue weighted by Gasteiger charge is -2.33. The van der Waals surface area contributed by atoms with Crippen LogP contribution in [0.5, 0.6) is 0 Å². The van der Waals surface area contributed by atoms with Gasteiger partial charge in [0.05, 0.1) is 0 Å². The molecule has 1 aliphatic heterocycles. The third kappa shape index (κ3) is 6.46. The molecule has 0 saturated carbocycles. The van der Waals surface area contributed by atoms with Crippen molar-refractivity contribution >= 4 is 17.5 Å². The lowest BCUT2D eigenvalue weighted by molar-refractivity contribution is -0.141. The first-order chi connectivity index (χ1) is 14.8. The number of hydrogen-bond donors (Lipinski definition) is 1. The largest absolute Gasteiger partial charge is 0.435 e. The van der Waals surface area contributed by atoms with Crippen molar-refractivity contribution in [2.75, 3.05) is 26.2 Å². The first-order valence-electron chi connectivity index (χ1n) is 10.7. The van der Waals surface area contributed by atoms with E-state index in [1.807, 2.05) is 12.1 Å². The summed E-state index contributed by atoms with van der Waals surface area (Å²) in [5.74, 6) is -0.0199. The summed E-state index contributed by atoms with van der Waals surface area (Å²) >= 11 is 6.27. The van der Waals surface area contributed by atoms with Crippen molar-refractivity contribution in [3.05, 3.63) is 52.3 Å². The Bertz CT molecular complexity index is 862. The van der Waals surface area contributed by atoms with Gasteiger partial charge in [-0.15, -0.1) is 0 Å². The standard InChI is InChI=1S/C22H28ClF3N4O/c1-2-10-29-11-7-16(8-12-29)9-13-30(15-17-5-3-4-6-18(17)23)21(31)19-14-20(28-27-19)22(24,25)26/h3-6,14,16H,2,7-13,15H2,1H3,(H,27,28). The highest BCUT2D eigenvalue weighted by atomic mass is 35.5. The minimum absolute atomic E-state index is 0.169. The number of amides is 1. The number of likely N-dealkylation sites (tertiary alicyclic amines) is 1. The van der Waals surface area contributed by atoms with Crippen LogP contribution < -0.4 is 0 Å². The Balaban J connectivity index is 1.70. The van der Waals surface area contributed by atoms with Gasteiger partial charge in [0.1, 0.15) is 5.69 Å². The summed E-state index contributed by atoms with van der Waals surface area (Å²) in [6.07, 6.45) is -0.535. The number of rotatable bonds is 8. The molecule has 1 aliphatic rings. The van der Waals surface area contributed by atoms with E-state index in [2.05, 4.69) is 22.0 Å². The molecule has 2 heterocycles. The fraction of sp³-hybridized carbons (Fsp3) is 0.545. The third-order valence-corrected chi connectivity index (χ3v) is 6.13. The number of aromatic nitrogens is 2. The number of nitrogens with one attached hydrogen (secondary N) is 1. The van der Waals surface area contributed by atoms with Crippen LogP contribution in [0.25, 0.3) is 0 Å².